The standard InChI is InChI=1S/C17H18ClN3O/c18-14-7-5-13(6-8-14)17-20-15-3-1-2-4-16(15)21(17)10-12-22-11-9-19/h1-8H,9-12,19H2. The van der Waals surface area contributed by atoms with Gasteiger partial charge in [0.15, 0.2) is 0 Å². The first-order chi connectivity index (χ1) is 10.8. The van der Waals surface area contributed by atoms with Gasteiger partial charge in [-0.1, -0.05) is 23.7 Å². The first-order valence-electron chi connectivity index (χ1n) is 7.28. The van der Waals surface area contributed by atoms with Crippen LogP contribution in [0.5, 0.6) is 0 Å². The first kappa shape index (κ1) is 15.0. The second kappa shape index (κ2) is 6.92. The molecule has 0 radical (unpaired) electrons. The molecule has 114 valence electrons. The number of fused-ring (bicyclic) bond motifs is 1. The second-order valence-corrected chi connectivity index (χ2v) is 5.42. The van der Waals surface area contributed by atoms with Gasteiger partial charge in [-0.25, -0.2) is 4.98 Å². The molecule has 0 saturated heterocycles. The van der Waals surface area contributed by atoms with E-state index >= 15 is 0 Å². The Morgan fingerprint density at radius 1 is 1.05 bits per heavy atom. The zero-order chi connectivity index (χ0) is 15.4. The molecule has 0 atom stereocenters. The molecule has 1 heterocycles. The number of hydrogen-bond donors (Lipinski definition) is 1. The van der Waals surface area contributed by atoms with Crippen molar-refractivity contribution in [1.29, 1.82) is 0 Å². The van der Waals surface area contributed by atoms with Crippen LogP contribution in [0.4, 0.5) is 0 Å². The van der Waals surface area contributed by atoms with E-state index in [2.05, 4.69) is 10.6 Å². The molecule has 2 N–H and O–H groups in total. The topological polar surface area (TPSA) is 53.1 Å². The minimum Gasteiger partial charge on any atom is -0.378 e. The molecule has 4 nitrogen and oxygen atoms in total. The monoisotopic (exact) mass is 315 g/mol. The molecule has 0 amide bonds. The Labute approximate surface area is 134 Å². The van der Waals surface area contributed by atoms with E-state index in [0.717, 1.165) is 34.0 Å². The lowest BCUT2D eigenvalue weighted by Gasteiger charge is -2.10. The number of hydrogen-bond acceptors (Lipinski definition) is 3. The number of nitrogens with two attached hydrogens (primary N) is 1. The largest absolute Gasteiger partial charge is 0.378 e. The van der Waals surface area contributed by atoms with Crippen LogP contribution in [0.1, 0.15) is 0 Å². The van der Waals surface area contributed by atoms with Gasteiger partial charge in [-0.15, -0.1) is 0 Å². The molecule has 0 saturated carbocycles. The van der Waals surface area contributed by atoms with Gasteiger partial charge < -0.3 is 15.0 Å². The number of imidazole rings is 1. The fraction of sp³-hybridized carbons (Fsp3) is 0.235. The fourth-order valence-electron chi connectivity index (χ4n) is 2.46. The average Bonchev–Trinajstić information content (AvgIpc) is 2.91. The van der Waals surface area contributed by atoms with Crippen molar-refractivity contribution in [3.8, 4) is 11.4 Å². The maximum atomic E-state index is 5.98. The maximum Gasteiger partial charge on any atom is 0.141 e. The quantitative estimate of drug-likeness (QED) is 0.710. The molecule has 1 aromatic heterocycles. The summed E-state index contributed by atoms with van der Waals surface area (Å²) in [4.78, 5) is 4.75. The van der Waals surface area contributed by atoms with Gasteiger partial charge >= 0.3 is 0 Å². The van der Waals surface area contributed by atoms with E-state index < -0.39 is 0 Å². The predicted octanol–water partition coefficient (Wildman–Crippen LogP) is 3.33. The summed E-state index contributed by atoms with van der Waals surface area (Å²) >= 11 is 5.98. The van der Waals surface area contributed by atoms with Crippen LogP contribution in [0.2, 0.25) is 5.02 Å². The zero-order valence-corrected chi connectivity index (χ0v) is 13.0. The van der Waals surface area contributed by atoms with Crippen molar-refractivity contribution in [2.75, 3.05) is 19.8 Å². The fourth-order valence-corrected chi connectivity index (χ4v) is 2.59. The third-order valence-corrected chi connectivity index (χ3v) is 3.73. The molecule has 2 aromatic carbocycles. The number of aromatic nitrogens is 2. The van der Waals surface area contributed by atoms with Crippen molar-refractivity contribution in [3.05, 3.63) is 53.6 Å². The van der Waals surface area contributed by atoms with Crippen LogP contribution < -0.4 is 5.73 Å². The Hall–Kier alpha value is -1.88. The van der Waals surface area contributed by atoms with Gasteiger partial charge in [0.2, 0.25) is 0 Å². The Morgan fingerprint density at radius 2 is 1.82 bits per heavy atom. The number of benzene rings is 2. The molecular formula is C17H18ClN3O. The Bertz CT molecular complexity index is 752. The van der Waals surface area contributed by atoms with Crippen LogP contribution in [-0.2, 0) is 11.3 Å². The number of halogens is 1. The van der Waals surface area contributed by atoms with E-state index in [1.54, 1.807) is 0 Å². The van der Waals surface area contributed by atoms with Crippen molar-refractivity contribution in [1.82, 2.24) is 9.55 Å². The number of rotatable bonds is 6. The summed E-state index contributed by atoms with van der Waals surface area (Å²) in [5.74, 6) is 0.925. The van der Waals surface area contributed by atoms with Gasteiger partial charge in [-0.2, -0.15) is 0 Å². The highest BCUT2D eigenvalue weighted by Gasteiger charge is 2.12. The van der Waals surface area contributed by atoms with Crippen LogP contribution in [0.25, 0.3) is 22.4 Å². The summed E-state index contributed by atoms with van der Waals surface area (Å²) in [5, 5.41) is 0.720. The third-order valence-electron chi connectivity index (χ3n) is 3.48. The van der Waals surface area contributed by atoms with Crippen LogP contribution in [-0.4, -0.2) is 29.3 Å². The molecule has 0 spiro atoms. The van der Waals surface area contributed by atoms with Gasteiger partial charge in [0.05, 0.1) is 24.2 Å². The Balaban J connectivity index is 1.98. The number of ether oxygens (including phenoxy) is 1. The summed E-state index contributed by atoms with van der Waals surface area (Å²) in [6, 6.07) is 15.8. The summed E-state index contributed by atoms with van der Waals surface area (Å²) in [7, 11) is 0. The summed E-state index contributed by atoms with van der Waals surface area (Å²) in [6.07, 6.45) is 0. The average molecular weight is 316 g/mol. The Morgan fingerprint density at radius 3 is 2.59 bits per heavy atom. The molecule has 0 aliphatic carbocycles. The SMILES string of the molecule is NCCOCCn1c(-c2ccc(Cl)cc2)nc2ccccc21. The van der Waals surface area contributed by atoms with Crippen molar-refractivity contribution >= 4 is 22.6 Å². The molecule has 0 aliphatic heterocycles. The van der Waals surface area contributed by atoms with Crippen molar-refractivity contribution in [3.63, 3.8) is 0 Å². The minimum atomic E-state index is 0.536. The molecule has 5 heteroatoms. The van der Waals surface area contributed by atoms with Gasteiger partial charge in [-0.05, 0) is 36.4 Å². The Kier molecular flexibility index (Phi) is 4.73. The summed E-state index contributed by atoms with van der Waals surface area (Å²) in [5.41, 5.74) is 8.58. The van der Waals surface area contributed by atoms with E-state index in [1.165, 1.54) is 0 Å². The van der Waals surface area contributed by atoms with Crippen molar-refractivity contribution in [2.45, 2.75) is 6.54 Å². The van der Waals surface area contributed by atoms with Crippen LogP contribution in [0.3, 0.4) is 0 Å². The van der Waals surface area contributed by atoms with E-state index in [4.69, 9.17) is 27.1 Å². The van der Waals surface area contributed by atoms with E-state index in [1.807, 2.05) is 42.5 Å². The molecule has 0 unspecified atom stereocenters. The van der Waals surface area contributed by atoms with Gasteiger partial charge in [0, 0.05) is 23.7 Å². The van der Waals surface area contributed by atoms with Crippen LogP contribution in [0.15, 0.2) is 48.5 Å². The van der Waals surface area contributed by atoms with Crippen molar-refractivity contribution < 1.29 is 4.74 Å². The lowest BCUT2D eigenvalue weighted by molar-refractivity contribution is 0.134. The highest BCUT2D eigenvalue weighted by atomic mass is 35.5. The van der Waals surface area contributed by atoms with Gasteiger partial charge in [-0.3, -0.25) is 0 Å². The third kappa shape index (κ3) is 3.14. The molecule has 22 heavy (non-hydrogen) atoms. The van der Waals surface area contributed by atoms with E-state index in [9.17, 15) is 0 Å². The number of para-hydroxylation sites is 2. The van der Waals surface area contributed by atoms with E-state index in [-0.39, 0.29) is 0 Å². The lowest BCUT2D eigenvalue weighted by atomic mass is 10.2. The highest BCUT2D eigenvalue weighted by Crippen LogP contribution is 2.25. The van der Waals surface area contributed by atoms with Gasteiger partial charge in [0.1, 0.15) is 5.82 Å². The molecular weight excluding hydrogens is 298 g/mol. The molecule has 0 fully saturated rings. The van der Waals surface area contributed by atoms with Crippen LogP contribution >= 0.6 is 11.6 Å². The molecule has 0 bridgehead atoms. The lowest BCUT2D eigenvalue weighted by Crippen LogP contribution is -2.13. The molecule has 3 rings (SSSR count). The summed E-state index contributed by atoms with van der Waals surface area (Å²) in [6.45, 7) is 2.45. The zero-order valence-electron chi connectivity index (χ0n) is 12.2. The van der Waals surface area contributed by atoms with E-state index in [0.29, 0.717) is 19.8 Å². The van der Waals surface area contributed by atoms with Gasteiger partial charge in [0.25, 0.3) is 0 Å². The summed E-state index contributed by atoms with van der Waals surface area (Å²) < 4.78 is 7.70. The van der Waals surface area contributed by atoms with Crippen molar-refractivity contribution in [2.24, 2.45) is 5.73 Å². The first-order valence-corrected chi connectivity index (χ1v) is 7.66. The smallest absolute Gasteiger partial charge is 0.141 e. The maximum absolute atomic E-state index is 5.98. The minimum absolute atomic E-state index is 0.536. The predicted molar refractivity (Wildman–Crippen MR) is 90.1 cm³/mol. The normalized spacial score (nSPS) is 11.2. The number of nitrogens with zero attached hydrogens (tertiary/aromatic N) is 2. The molecule has 0 aliphatic rings. The van der Waals surface area contributed by atoms with Crippen LogP contribution in [0, 0.1) is 0 Å². The second-order valence-electron chi connectivity index (χ2n) is 4.98. The highest BCUT2D eigenvalue weighted by molar-refractivity contribution is 6.30. The molecule has 3 aromatic rings.